The second-order valence-electron chi connectivity index (χ2n) is 9.62. The summed E-state index contributed by atoms with van der Waals surface area (Å²) < 4.78 is 6.33. The summed E-state index contributed by atoms with van der Waals surface area (Å²) >= 11 is 0. The summed E-state index contributed by atoms with van der Waals surface area (Å²) in [6.07, 6.45) is 6.24. The number of carboxylic acid groups (broad SMARTS) is 1. The topological polar surface area (TPSA) is 91.3 Å². The molecular formula is C25H28N4O3. The van der Waals surface area contributed by atoms with Crippen molar-refractivity contribution in [3.63, 3.8) is 0 Å². The maximum Gasteiger partial charge on any atom is 0.307 e. The van der Waals surface area contributed by atoms with Gasteiger partial charge in [-0.1, -0.05) is 6.07 Å². The van der Waals surface area contributed by atoms with Crippen LogP contribution in [0.1, 0.15) is 31.2 Å². The van der Waals surface area contributed by atoms with E-state index in [1.807, 2.05) is 6.20 Å². The van der Waals surface area contributed by atoms with Gasteiger partial charge >= 0.3 is 5.97 Å². The fourth-order valence-electron chi connectivity index (χ4n) is 5.73. The zero-order chi connectivity index (χ0) is 21.8. The minimum absolute atomic E-state index is 0.102. The van der Waals surface area contributed by atoms with E-state index in [0.29, 0.717) is 11.8 Å². The Kier molecular flexibility index (Phi) is 4.68. The van der Waals surface area contributed by atoms with Crippen LogP contribution in [0.3, 0.4) is 0 Å². The minimum Gasteiger partial charge on any atom is -0.481 e. The molecule has 7 heteroatoms. The first-order valence-corrected chi connectivity index (χ1v) is 11.6. The Hall–Kier alpha value is -2.93. The number of aromatic nitrogens is 3. The van der Waals surface area contributed by atoms with Gasteiger partial charge in [0.25, 0.3) is 0 Å². The Labute approximate surface area is 186 Å². The molecule has 32 heavy (non-hydrogen) atoms. The van der Waals surface area contributed by atoms with Gasteiger partial charge in [-0.25, -0.2) is 9.97 Å². The van der Waals surface area contributed by atoms with E-state index >= 15 is 0 Å². The number of fused-ring (bicyclic) bond motifs is 2. The fraction of sp³-hybridized carbons (Fsp3) is 0.480. The number of imidazole rings is 1. The van der Waals surface area contributed by atoms with Crippen molar-refractivity contribution >= 4 is 22.8 Å². The number of aliphatic carboxylic acids is 1. The highest BCUT2D eigenvalue weighted by molar-refractivity contribution is 5.80. The number of piperidine rings is 1. The normalized spacial score (nSPS) is 27.6. The number of anilines is 1. The molecule has 1 aromatic carbocycles. The van der Waals surface area contributed by atoms with Crippen molar-refractivity contribution in [3.8, 4) is 11.4 Å². The average molecular weight is 433 g/mol. The number of nitrogens with zero attached hydrogens (tertiary/aromatic N) is 3. The summed E-state index contributed by atoms with van der Waals surface area (Å²) in [7, 11) is 0. The Bertz CT molecular complexity index is 1140. The molecule has 2 saturated carbocycles. The van der Waals surface area contributed by atoms with Crippen molar-refractivity contribution in [2.24, 2.45) is 17.8 Å². The monoisotopic (exact) mass is 432 g/mol. The molecular weight excluding hydrogens is 404 g/mol. The van der Waals surface area contributed by atoms with Crippen LogP contribution in [0.5, 0.6) is 0 Å². The van der Waals surface area contributed by atoms with Crippen molar-refractivity contribution in [2.75, 3.05) is 18.0 Å². The summed E-state index contributed by atoms with van der Waals surface area (Å²) in [5.74, 6) is 1.82. The summed E-state index contributed by atoms with van der Waals surface area (Å²) in [6.45, 7) is 3.93. The number of aryl methyl sites for hydroxylation is 1. The molecule has 0 bridgehead atoms. The van der Waals surface area contributed by atoms with Crippen LogP contribution in [0.15, 0.2) is 36.5 Å². The van der Waals surface area contributed by atoms with E-state index in [-0.39, 0.29) is 18.1 Å². The number of H-pyrrole nitrogens is 1. The van der Waals surface area contributed by atoms with E-state index in [1.54, 1.807) is 0 Å². The third-order valence-electron chi connectivity index (χ3n) is 7.50. The Morgan fingerprint density at radius 3 is 2.59 bits per heavy atom. The molecule has 7 nitrogen and oxygen atoms in total. The lowest BCUT2D eigenvalue weighted by Gasteiger charge is -2.34. The smallest absolute Gasteiger partial charge is 0.307 e. The largest absolute Gasteiger partial charge is 0.481 e. The predicted octanol–water partition coefficient (Wildman–Crippen LogP) is 4.03. The molecule has 3 aliphatic rings. The molecule has 4 atom stereocenters. The number of benzene rings is 1. The number of aromatic amines is 1. The van der Waals surface area contributed by atoms with Crippen molar-refractivity contribution in [1.82, 2.24) is 15.0 Å². The quantitative estimate of drug-likeness (QED) is 0.633. The van der Waals surface area contributed by atoms with Crippen LogP contribution < -0.4 is 4.90 Å². The summed E-state index contributed by atoms with van der Waals surface area (Å²) in [6, 6.07) is 10.4. The maximum atomic E-state index is 11.1. The molecule has 2 aromatic heterocycles. The Morgan fingerprint density at radius 1 is 1.12 bits per heavy atom. The van der Waals surface area contributed by atoms with E-state index in [2.05, 4.69) is 47.1 Å². The standard InChI is InChI=1S/C25H28N4O3/c1-14-2-4-20-21(10-14)28-24(27-20)15-3-5-22(26-13-15)29-8-6-16(7-9-29)32-17-11-18-19(12-17)23(18)25(30)31/h2-5,10,13,16-19,23H,6-9,11-12H2,1H3,(H,27,28)(H,30,31)/t17-,18+,19-,23-. The Balaban J connectivity index is 1.04. The van der Waals surface area contributed by atoms with Gasteiger partial charge in [-0.3, -0.25) is 4.79 Å². The number of carboxylic acids is 1. The van der Waals surface area contributed by atoms with Crippen LogP contribution in [0.4, 0.5) is 5.82 Å². The molecule has 0 radical (unpaired) electrons. The second-order valence-corrected chi connectivity index (χ2v) is 9.62. The van der Waals surface area contributed by atoms with E-state index in [4.69, 9.17) is 14.7 Å². The lowest BCUT2D eigenvalue weighted by atomic mass is 10.1. The lowest BCUT2D eigenvalue weighted by Crippen LogP contribution is -2.38. The van der Waals surface area contributed by atoms with Crippen LogP contribution in [-0.2, 0) is 9.53 Å². The van der Waals surface area contributed by atoms with Crippen molar-refractivity contribution in [2.45, 2.75) is 44.8 Å². The highest BCUT2D eigenvalue weighted by Gasteiger charge is 2.60. The molecule has 1 saturated heterocycles. The highest BCUT2D eigenvalue weighted by Crippen LogP contribution is 2.58. The molecule has 2 aliphatic carbocycles. The number of hydrogen-bond acceptors (Lipinski definition) is 5. The predicted molar refractivity (Wildman–Crippen MR) is 122 cm³/mol. The average Bonchev–Trinajstić information content (AvgIpc) is 3.10. The number of pyridine rings is 1. The first kappa shape index (κ1) is 19.7. The molecule has 166 valence electrons. The van der Waals surface area contributed by atoms with Crippen LogP contribution in [0.2, 0.25) is 0 Å². The van der Waals surface area contributed by atoms with E-state index in [1.165, 1.54) is 5.56 Å². The lowest BCUT2D eigenvalue weighted by molar-refractivity contribution is -0.139. The van der Waals surface area contributed by atoms with Crippen molar-refractivity contribution in [1.29, 1.82) is 0 Å². The highest BCUT2D eigenvalue weighted by atomic mass is 16.5. The molecule has 0 amide bonds. The van der Waals surface area contributed by atoms with Crippen LogP contribution in [0, 0.1) is 24.7 Å². The summed E-state index contributed by atoms with van der Waals surface area (Å²) in [5.41, 5.74) is 4.20. The summed E-state index contributed by atoms with van der Waals surface area (Å²) in [4.78, 5) is 26.3. The van der Waals surface area contributed by atoms with Gasteiger partial charge < -0.3 is 19.7 Å². The third-order valence-corrected chi connectivity index (χ3v) is 7.50. The van der Waals surface area contributed by atoms with E-state index in [0.717, 1.165) is 67.0 Å². The van der Waals surface area contributed by atoms with E-state index < -0.39 is 5.97 Å². The van der Waals surface area contributed by atoms with Gasteiger partial charge in [0.1, 0.15) is 11.6 Å². The maximum absolute atomic E-state index is 11.1. The van der Waals surface area contributed by atoms with Crippen LogP contribution in [0.25, 0.3) is 22.4 Å². The van der Waals surface area contributed by atoms with Gasteiger partial charge in [0.2, 0.25) is 0 Å². The van der Waals surface area contributed by atoms with Gasteiger partial charge in [-0.15, -0.1) is 0 Å². The molecule has 0 spiro atoms. The molecule has 2 N–H and O–H groups in total. The van der Waals surface area contributed by atoms with Crippen LogP contribution in [-0.4, -0.2) is 51.3 Å². The molecule has 6 rings (SSSR count). The molecule has 1 aliphatic heterocycles. The third kappa shape index (κ3) is 3.54. The first-order chi connectivity index (χ1) is 15.5. The fourth-order valence-corrected chi connectivity index (χ4v) is 5.73. The minimum atomic E-state index is -0.624. The van der Waals surface area contributed by atoms with E-state index in [9.17, 15) is 9.90 Å². The molecule has 0 unspecified atom stereocenters. The van der Waals surface area contributed by atoms with Gasteiger partial charge in [0.05, 0.1) is 29.2 Å². The summed E-state index contributed by atoms with van der Waals surface area (Å²) in [5, 5.41) is 9.17. The SMILES string of the molecule is Cc1ccc2[nH]c(-c3ccc(N4CCC(O[C@H]5C[C@@H]6[C@H](C5)[C@H]6C(=O)O)CC4)nc3)nc2c1. The van der Waals surface area contributed by atoms with Crippen LogP contribution >= 0.6 is 0 Å². The number of carbonyl (C=O) groups is 1. The second kappa shape index (κ2) is 7.59. The molecule has 3 heterocycles. The van der Waals surface area contributed by atoms with Crippen molar-refractivity contribution in [3.05, 3.63) is 42.1 Å². The number of ether oxygens (including phenoxy) is 1. The van der Waals surface area contributed by atoms with Crippen molar-refractivity contribution < 1.29 is 14.6 Å². The number of nitrogens with one attached hydrogen (secondary N) is 1. The number of rotatable bonds is 5. The molecule has 3 aromatic rings. The first-order valence-electron chi connectivity index (χ1n) is 11.6. The Morgan fingerprint density at radius 2 is 1.91 bits per heavy atom. The zero-order valence-electron chi connectivity index (χ0n) is 18.2. The zero-order valence-corrected chi connectivity index (χ0v) is 18.2. The van der Waals surface area contributed by atoms with Gasteiger partial charge in [-0.05, 0) is 74.3 Å². The number of hydrogen-bond donors (Lipinski definition) is 2. The van der Waals surface area contributed by atoms with Gasteiger partial charge in [0, 0.05) is 24.8 Å². The van der Waals surface area contributed by atoms with Gasteiger partial charge in [0.15, 0.2) is 0 Å². The molecule has 3 fully saturated rings. The van der Waals surface area contributed by atoms with Gasteiger partial charge in [-0.2, -0.15) is 0 Å².